The molecule has 0 N–H and O–H groups in total. The number of para-hydroxylation sites is 1. The number of aromatic nitrogens is 1. The summed E-state index contributed by atoms with van der Waals surface area (Å²) in [7, 11) is 1.63. The summed E-state index contributed by atoms with van der Waals surface area (Å²) < 4.78 is 16.5. The van der Waals surface area contributed by atoms with Crippen molar-refractivity contribution in [3.63, 3.8) is 0 Å². The number of methoxy groups -OCH3 is 1. The Kier molecular flexibility index (Phi) is 5.06. The number of amides is 1. The smallest absolute Gasteiger partial charge is 0.266 e. The quantitative estimate of drug-likeness (QED) is 0.654. The van der Waals surface area contributed by atoms with Crippen molar-refractivity contribution >= 4 is 17.2 Å². The van der Waals surface area contributed by atoms with Gasteiger partial charge in [-0.3, -0.25) is 4.79 Å². The van der Waals surface area contributed by atoms with Crippen molar-refractivity contribution in [1.29, 1.82) is 5.26 Å². The first kappa shape index (κ1) is 19.3. The van der Waals surface area contributed by atoms with Crippen LogP contribution >= 0.6 is 11.3 Å². The predicted octanol–water partition coefficient (Wildman–Crippen LogP) is 2.11. The van der Waals surface area contributed by atoms with Crippen LogP contribution in [0.3, 0.4) is 0 Å². The van der Waals surface area contributed by atoms with Gasteiger partial charge in [-0.05, 0) is 18.6 Å². The van der Waals surface area contributed by atoms with Crippen LogP contribution in [0.2, 0.25) is 0 Å². The summed E-state index contributed by atoms with van der Waals surface area (Å²) in [5.41, 5.74) is 1.71. The first-order chi connectivity index (χ1) is 14.7. The number of nitriles is 1. The van der Waals surface area contributed by atoms with Crippen LogP contribution in [0, 0.1) is 11.5 Å². The van der Waals surface area contributed by atoms with E-state index in [0.29, 0.717) is 37.8 Å². The lowest BCUT2D eigenvalue weighted by molar-refractivity contribution is -0.0794. The third-order valence-electron chi connectivity index (χ3n) is 5.81. The van der Waals surface area contributed by atoms with E-state index in [2.05, 4.69) is 6.19 Å². The number of carbonyl (C=O) groups is 1. The molecular formula is C21H22N4O4S. The molecule has 0 aliphatic carbocycles. The van der Waals surface area contributed by atoms with E-state index < -0.39 is 0 Å². The van der Waals surface area contributed by atoms with Gasteiger partial charge in [-0.25, -0.2) is 4.98 Å². The molecule has 1 amide bonds. The van der Waals surface area contributed by atoms with Crippen molar-refractivity contribution in [2.75, 3.05) is 33.5 Å². The molecule has 2 atom stereocenters. The third kappa shape index (κ3) is 3.31. The highest BCUT2D eigenvalue weighted by molar-refractivity contribution is 7.17. The first-order valence-electron chi connectivity index (χ1n) is 9.97. The maximum atomic E-state index is 13.1. The molecule has 2 saturated heterocycles. The molecule has 3 aliphatic rings. The molecule has 1 aromatic heterocycles. The van der Waals surface area contributed by atoms with Crippen LogP contribution in [0.5, 0.6) is 5.75 Å². The molecule has 4 heterocycles. The maximum Gasteiger partial charge on any atom is 0.266 e. The van der Waals surface area contributed by atoms with Crippen LogP contribution in [-0.4, -0.2) is 72.4 Å². The molecule has 0 saturated carbocycles. The summed E-state index contributed by atoms with van der Waals surface area (Å²) in [6, 6.07) is 7.80. The van der Waals surface area contributed by atoms with Gasteiger partial charge in [0.1, 0.15) is 21.7 Å². The number of benzene rings is 1. The molecule has 2 aromatic rings. The number of ether oxygens (including phenoxy) is 3. The van der Waals surface area contributed by atoms with Crippen molar-refractivity contribution < 1.29 is 19.0 Å². The Labute approximate surface area is 178 Å². The molecular weight excluding hydrogens is 404 g/mol. The standard InChI is InChI=1S/C21H22N4O4S/c1-27-9-14-6-13(7-24(14)12-22)25-8-17-19(21(25)26)30-20(23-17)16-4-2-3-5-18(16)29-15-10-28-11-15/h2-5,13-15H,6-11H2,1H3/t13-,14+/m1/s1. The normalized spacial score (nSPS) is 23.4. The van der Waals surface area contributed by atoms with E-state index in [4.69, 9.17) is 19.2 Å². The molecule has 3 aliphatic heterocycles. The average molecular weight is 426 g/mol. The molecule has 9 heteroatoms. The van der Waals surface area contributed by atoms with Crippen molar-refractivity contribution in [3.05, 3.63) is 34.8 Å². The second kappa shape index (κ2) is 7.87. The minimum Gasteiger partial charge on any atom is -0.485 e. The number of hydrogen-bond acceptors (Lipinski definition) is 8. The molecule has 0 spiro atoms. The predicted molar refractivity (Wildman–Crippen MR) is 109 cm³/mol. The topological polar surface area (TPSA) is 87.9 Å². The van der Waals surface area contributed by atoms with Crippen molar-refractivity contribution in [1.82, 2.24) is 14.8 Å². The first-order valence-corrected chi connectivity index (χ1v) is 10.8. The van der Waals surface area contributed by atoms with Gasteiger partial charge >= 0.3 is 0 Å². The Morgan fingerprint density at radius 2 is 2.20 bits per heavy atom. The van der Waals surface area contributed by atoms with Gasteiger partial charge in [-0.2, -0.15) is 5.26 Å². The molecule has 5 rings (SSSR count). The van der Waals surface area contributed by atoms with Gasteiger partial charge in [0.05, 0.1) is 49.7 Å². The zero-order valence-corrected chi connectivity index (χ0v) is 17.4. The fourth-order valence-electron chi connectivity index (χ4n) is 4.20. The summed E-state index contributed by atoms with van der Waals surface area (Å²) in [5, 5.41) is 10.2. The molecule has 156 valence electrons. The van der Waals surface area contributed by atoms with E-state index >= 15 is 0 Å². The van der Waals surface area contributed by atoms with Gasteiger partial charge in [-0.15, -0.1) is 11.3 Å². The van der Waals surface area contributed by atoms with Crippen molar-refractivity contribution in [2.24, 2.45) is 0 Å². The van der Waals surface area contributed by atoms with Crippen LogP contribution in [0.4, 0.5) is 0 Å². The largest absolute Gasteiger partial charge is 0.485 e. The average Bonchev–Trinajstić information content (AvgIpc) is 3.40. The van der Waals surface area contributed by atoms with Crippen molar-refractivity contribution in [2.45, 2.75) is 31.2 Å². The molecule has 0 radical (unpaired) electrons. The lowest BCUT2D eigenvalue weighted by Crippen LogP contribution is -2.38. The number of hydrogen-bond donors (Lipinski definition) is 0. The Balaban J connectivity index is 1.34. The minimum absolute atomic E-state index is 0.000462. The molecule has 0 unspecified atom stereocenters. The number of thiazole rings is 1. The van der Waals surface area contributed by atoms with Gasteiger partial charge in [0.2, 0.25) is 0 Å². The molecule has 2 fully saturated rings. The molecule has 0 bridgehead atoms. The maximum absolute atomic E-state index is 13.1. The van der Waals surface area contributed by atoms with Gasteiger partial charge < -0.3 is 24.0 Å². The molecule has 1 aromatic carbocycles. The zero-order valence-electron chi connectivity index (χ0n) is 16.6. The van der Waals surface area contributed by atoms with E-state index in [1.54, 1.807) is 12.0 Å². The summed E-state index contributed by atoms with van der Waals surface area (Å²) in [4.78, 5) is 22.2. The summed E-state index contributed by atoms with van der Waals surface area (Å²) >= 11 is 1.41. The van der Waals surface area contributed by atoms with Crippen LogP contribution in [-0.2, 0) is 16.0 Å². The second-order valence-corrected chi connectivity index (χ2v) is 8.75. The Hall–Kier alpha value is -2.67. The van der Waals surface area contributed by atoms with Crippen LogP contribution in [0.15, 0.2) is 24.3 Å². The van der Waals surface area contributed by atoms with Gasteiger partial charge in [0, 0.05) is 13.7 Å². The van der Waals surface area contributed by atoms with E-state index in [1.165, 1.54) is 11.3 Å². The molecule has 8 nitrogen and oxygen atoms in total. The summed E-state index contributed by atoms with van der Waals surface area (Å²) in [6.45, 7) is 2.70. The second-order valence-electron chi connectivity index (χ2n) is 7.75. The number of carbonyl (C=O) groups excluding carboxylic acids is 1. The van der Waals surface area contributed by atoms with Gasteiger partial charge in [0.25, 0.3) is 5.91 Å². The lowest BCUT2D eigenvalue weighted by atomic mass is 10.1. The van der Waals surface area contributed by atoms with Crippen molar-refractivity contribution in [3.8, 4) is 22.5 Å². The Morgan fingerprint density at radius 1 is 1.37 bits per heavy atom. The van der Waals surface area contributed by atoms with Crippen LogP contribution in [0.25, 0.3) is 10.6 Å². The highest BCUT2D eigenvalue weighted by Gasteiger charge is 2.42. The van der Waals surface area contributed by atoms with E-state index in [1.807, 2.05) is 29.2 Å². The summed E-state index contributed by atoms with van der Waals surface area (Å²) in [6.07, 6.45) is 3.02. The SMILES string of the molecule is COC[C@@H]1C[C@@H](N2Cc3nc(-c4ccccc4OC4COC4)sc3C2=O)CN1C#N. The minimum atomic E-state index is -0.00335. The monoisotopic (exact) mass is 426 g/mol. The third-order valence-corrected chi connectivity index (χ3v) is 6.93. The van der Waals surface area contributed by atoms with E-state index in [-0.39, 0.29) is 24.1 Å². The van der Waals surface area contributed by atoms with Gasteiger partial charge in [-0.1, -0.05) is 12.1 Å². The number of fused-ring (bicyclic) bond motifs is 1. The number of likely N-dealkylation sites (tertiary alicyclic amines) is 1. The highest BCUT2D eigenvalue weighted by Crippen LogP contribution is 2.39. The molecule has 30 heavy (non-hydrogen) atoms. The lowest BCUT2D eigenvalue weighted by Gasteiger charge is -2.27. The number of rotatable bonds is 6. The van der Waals surface area contributed by atoms with Crippen LogP contribution < -0.4 is 4.74 Å². The fraction of sp³-hybridized carbons (Fsp3) is 0.476. The highest BCUT2D eigenvalue weighted by atomic mass is 32.1. The Morgan fingerprint density at radius 3 is 2.90 bits per heavy atom. The Bertz CT molecular complexity index is 999. The van der Waals surface area contributed by atoms with Gasteiger partial charge in [0.15, 0.2) is 6.19 Å². The zero-order chi connectivity index (χ0) is 20.7. The fourth-order valence-corrected chi connectivity index (χ4v) is 5.26. The van der Waals surface area contributed by atoms with Crippen LogP contribution in [0.1, 0.15) is 21.8 Å². The van der Waals surface area contributed by atoms with E-state index in [9.17, 15) is 10.1 Å². The number of nitrogens with zero attached hydrogens (tertiary/aromatic N) is 4. The van der Waals surface area contributed by atoms with E-state index in [0.717, 1.165) is 28.4 Å². The summed E-state index contributed by atoms with van der Waals surface area (Å²) in [5.74, 6) is 0.769.